The van der Waals surface area contributed by atoms with Crippen molar-refractivity contribution < 1.29 is 41.4 Å². The lowest BCUT2D eigenvalue weighted by molar-refractivity contribution is -0.192. The van der Waals surface area contributed by atoms with Crippen molar-refractivity contribution in [2.45, 2.75) is 43.9 Å². The van der Waals surface area contributed by atoms with E-state index in [1.165, 1.54) is 0 Å². The molecule has 0 aliphatic carbocycles. The zero-order valence-corrected chi connectivity index (χ0v) is 17.2. The van der Waals surface area contributed by atoms with E-state index < -0.39 is 29.6 Å². The first-order valence-corrected chi connectivity index (χ1v) is 10.2. The summed E-state index contributed by atoms with van der Waals surface area (Å²) in [6.45, 7) is 1.55. The zero-order chi connectivity index (χ0) is 23.6. The number of aliphatic carboxylic acids is 1. The van der Waals surface area contributed by atoms with Crippen molar-refractivity contribution in [3.8, 4) is 0 Å². The van der Waals surface area contributed by atoms with Crippen LogP contribution in [0.5, 0.6) is 0 Å². The molecular formula is C20H24F5N3O4. The van der Waals surface area contributed by atoms with Crippen LogP contribution in [0, 0.1) is 5.41 Å². The summed E-state index contributed by atoms with van der Waals surface area (Å²) in [5.41, 5.74) is -1.20. The Morgan fingerprint density at radius 3 is 2.44 bits per heavy atom. The molecule has 1 aromatic rings. The van der Waals surface area contributed by atoms with Gasteiger partial charge in [0, 0.05) is 45.4 Å². The second kappa shape index (κ2) is 9.16. The highest BCUT2D eigenvalue weighted by Crippen LogP contribution is 2.50. The number of carboxylic acid groups (broad SMARTS) is 1. The topological polar surface area (TPSA) is 83.0 Å². The van der Waals surface area contributed by atoms with Crippen LogP contribution in [0.4, 0.5) is 27.8 Å². The summed E-state index contributed by atoms with van der Waals surface area (Å²) in [4.78, 5) is 29.3. The standard InChI is InChI=1S/C18H23F2N3O2.C2HF3O2/c19-18(20)7-10-23(16(24)14-4-3-11-25-14)13-17(18)6-9-22(12-17)15-5-1-2-8-21-15;3-2(4,5)1(6)7/h1-2,5,8,14H,3-4,6-7,9-13H2;(H,6,7)/t14-,17?;/m1./s1. The maximum atomic E-state index is 14.9. The summed E-state index contributed by atoms with van der Waals surface area (Å²) < 4.78 is 66.9. The molecule has 1 unspecified atom stereocenters. The van der Waals surface area contributed by atoms with E-state index in [4.69, 9.17) is 14.6 Å². The summed E-state index contributed by atoms with van der Waals surface area (Å²) in [6, 6.07) is 5.52. The van der Waals surface area contributed by atoms with E-state index >= 15 is 0 Å². The minimum absolute atomic E-state index is 0.0992. The van der Waals surface area contributed by atoms with Crippen molar-refractivity contribution >= 4 is 17.7 Å². The van der Waals surface area contributed by atoms with Gasteiger partial charge in [0.05, 0.1) is 5.41 Å². The number of ether oxygens (including phenoxy) is 1. The van der Waals surface area contributed by atoms with Crippen molar-refractivity contribution in [3.05, 3.63) is 24.4 Å². The van der Waals surface area contributed by atoms with Gasteiger partial charge in [-0.3, -0.25) is 4.79 Å². The van der Waals surface area contributed by atoms with Crippen LogP contribution in [0.25, 0.3) is 0 Å². The van der Waals surface area contributed by atoms with Gasteiger partial charge in [-0.1, -0.05) is 6.07 Å². The van der Waals surface area contributed by atoms with E-state index in [1.54, 1.807) is 11.1 Å². The number of halogens is 5. The maximum absolute atomic E-state index is 14.9. The summed E-state index contributed by atoms with van der Waals surface area (Å²) >= 11 is 0. The lowest BCUT2D eigenvalue weighted by atomic mass is 9.75. The fourth-order valence-electron chi connectivity index (χ4n) is 4.30. The van der Waals surface area contributed by atoms with Gasteiger partial charge in [0.1, 0.15) is 11.9 Å². The van der Waals surface area contributed by atoms with Crippen LogP contribution in [0.2, 0.25) is 0 Å². The molecule has 1 N–H and O–H groups in total. The molecule has 3 saturated heterocycles. The molecule has 1 amide bonds. The largest absolute Gasteiger partial charge is 0.490 e. The molecule has 0 saturated carbocycles. The second-order valence-electron chi connectivity index (χ2n) is 8.16. The number of carbonyl (C=O) groups is 2. The average molecular weight is 465 g/mol. The monoisotopic (exact) mass is 465 g/mol. The van der Waals surface area contributed by atoms with Gasteiger partial charge in [-0.05, 0) is 31.4 Å². The summed E-state index contributed by atoms with van der Waals surface area (Å²) in [7, 11) is 0. The Balaban J connectivity index is 0.000000360. The number of piperidine rings is 1. The molecule has 0 aromatic carbocycles. The van der Waals surface area contributed by atoms with E-state index in [2.05, 4.69) is 4.98 Å². The summed E-state index contributed by atoms with van der Waals surface area (Å²) in [5.74, 6) is -4.93. The Morgan fingerprint density at radius 1 is 1.16 bits per heavy atom. The quantitative estimate of drug-likeness (QED) is 0.677. The molecule has 0 radical (unpaired) electrons. The van der Waals surface area contributed by atoms with Crippen molar-refractivity contribution in [3.63, 3.8) is 0 Å². The fourth-order valence-corrected chi connectivity index (χ4v) is 4.30. The molecule has 3 aliphatic heterocycles. The van der Waals surface area contributed by atoms with Gasteiger partial charge in [-0.15, -0.1) is 0 Å². The average Bonchev–Trinajstić information content (AvgIpc) is 3.41. The number of nitrogens with zero attached hydrogens (tertiary/aromatic N) is 3. The molecule has 178 valence electrons. The SMILES string of the molecule is O=C(O)C(F)(F)F.O=C([C@H]1CCCO1)N1CCC(F)(F)C2(CCN(c3ccccn3)C2)C1. The molecule has 4 rings (SSSR count). The van der Waals surface area contributed by atoms with Crippen LogP contribution in [0.3, 0.4) is 0 Å². The lowest BCUT2D eigenvalue weighted by Gasteiger charge is -2.46. The van der Waals surface area contributed by atoms with E-state index in [0.717, 1.165) is 12.2 Å². The van der Waals surface area contributed by atoms with Gasteiger partial charge in [-0.25, -0.2) is 18.6 Å². The minimum Gasteiger partial charge on any atom is -0.475 e. The third-order valence-electron chi connectivity index (χ3n) is 6.05. The van der Waals surface area contributed by atoms with Crippen LogP contribution >= 0.6 is 0 Å². The normalized spacial score (nSPS) is 27.2. The van der Waals surface area contributed by atoms with Gasteiger partial charge in [-0.2, -0.15) is 13.2 Å². The number of hydrogen-bond donors (Lipinski definition) is 1. The third-order valence-corrected chi connectivity index (χ3v) is 6.05. The van der Waals surface area contributed by atoms with Gasteiger partial charge in [0.15, 0.2) is 0 Å². The molecule has 12 heteroatoms. The molecular weight excluding hydrogens is 441 g/mol. The Morgan fingerprint density at radius 2 is 1.88 bits per heavy atom. The highest BCUT2D eigenvalue weighted by atomic mass is 19.4. The Labute approximate surface area is 181 Å². The molecule has 1 aromatic heterocycles. The van der Waals surface area contributed by atoms with Gasteiger partial charge < -0.3 is 19.6 Å². The first-order valence-electron chi connectivity index (χ1n) is 10.2. The summed E-state index contributed by atoms with van der Waals surface area (Å²) in [6.07, 6.45) is -2.21. The van der Waals surface area contributed by atoms with E-state index in [1.807, 2.05) is 23.1 Å². The van der Waals surface area contributed by atoms with Gasteiger partial charge in [0.2, 0.25) is 0 Å². The number of anilines is 1. The molecule has 7 nitrogen and oxygen atoms in total. The summed E-state index contributed by atoms with van der Waals surface area (Å²) in [5, 5.41) is 7.12. The van der Waals surface area contributed by atoms with E-state index in [0.29, 0.717) is 26.0 Å². The number of rotatable bonds is 2. The lowest BCUT2D eigenvalue weighted by Crippen LogP contribution is -2.59. The fraction of sp³-hybridized carbons (Fsp3) is 0.650. The Kier molecular flexibility index (Phi) is 6.91. The molecule has 1 spiro atoms. The van der Waals surface area contributed by atoms with Crippen LogP contribution < -0.4 is 4.90 Å². The predicted molar refractivity (Wildman–Crippen MR) is 102 cm³/mol. The number of hydrogen-bond acceptors (Lipinski definition) is 5. The van der Waals surface area contributed by atoms with Crippen molar-refractivity contribution in [1.82, 2.24) is 9.88 Å². The number of carboxylic acids is 1. The first-order chi connectivity index (χ1) is 15.0. The van der Waals surface area contributed by atoms with Crippen molar-refractivity contribution in [2.24, 2.45) is 5.41 Å². The number of pyridine rings is 1. The Bertz CT molecular complexity index is 817. The highest BCUT2D eigenvalue weighted by molar-refractivity contribution is 5.81. The molecule has 32 heavy (non-hydrogen) atoms. The van der Waals surface area contributed by atoms with Crippen LogP contribution in [0.15, 0.2) is 24.4 Å². The highest BCUT2D eigenvalue weighted by Gasteiger charge is 2.60. The molecule has 3 fully saturated rings. The number of alkyl halides is 5. The molecule has 2 atom stereocenters. The van der Waals surface area contributed by atoms with Gasteiger partial charge >= 0.3 is 12.1 Å². The van der Waals surface area contributed by atoms with Gasteiger partial charge in [0.25, 0.3) is 11.8 Å². The smallest absolute Gasteiger partial charge is 0.475 e. The molecule has 4 heterocycles. The van der Waals surface area contributed by atoms with Crippen LogP contribution in [-0.4, -0.2) is 77.9 Å². The van der Waals surface area contributed by atoms with E-state index in [9.17, 15) is 26.7 Å². The van der Waals surface area contributed by atoms with E-state index in [-0.39, 0.29) is 32.0 Å². The number of carbonyl (C=O) groups excluding carboxylic acids is 1. The maximum Gasteiger partial charge on any atom is 0.490 e. The number of likely N-dealkylation sites (tertiary alicyclic amines) is 1. The van der Waals surface area contributed by atoms with Crippen LogP contribution in [0.1, 0.15) is 25.7 Å². The zero-order valence-electron chi connectivity index (χ0n) is 17.2. The number of amides is 1. The number of aromatic nitrogens is 1. The van der Waals surface area contributed by atoms with Crippen molar-refractivity contribution in [1.29, 1.82) is 0 Å². The predicted octanol–water partition coefficient (Wildman–Crippen LogP) is 2.96. The molecule has 3 aliphatic rings. The van der Waals surface area contributed by atoms with Crippen LogP contribution in [-0.2, 0) is 14.3 Å². The second-order valence-corrected chi connectivity index (χ2v) is 8.16. The van der Waals surface area contributed by atoms with Crippen molar-refractivity contribution in [2.75, 3.05) is 37.7 Å². The third kappa shape index (κ3) is 5.11. The Hall–Kier alpha value is -2.50. The minimum atomic E-state index is -5.08. The molecule has 0 bridgehead atoms. The first kappa shape index (κ1) is 24.1.